The van der Waals surface area contributed by atoms with Gasteiger partial charge in [0.25, 0.3) is 0 Å². The van der Waals surface area contributed by atoms with Gasteiger partial charge in [0.05, 0.1) is 28.4 Å². The molecule has 0 aliphatic heterocycles. The van der Waals surface area contributed by atoms with Crippen LogP contribution in [-0.2, 0) is 0 Å². The lowest BCUT2D eigenvalue weighted by Gasteiger charge is -2.18. The largest absolute Gasteiger partial charge is 0.256 e. The zero-order chi connectivity index (χ0) is 33.2. The number of aromatic nitrogens is 2. The molecule has 0 N–H and O–H groups in total. The summed E-state index contributed by atoms with van der Waals surface area (Å²) >= 11 is 0. The summed E-state index contributed by atoms with van der Waals surface area (Å²) in [4.78, 5) is 10.4. The third-order valence-corrected chi connectivity index (χ3v) is 10.1. The molecule has 8 aromatic carbocycles. The van der Waals surface area contributed by atoms with Gasteiger partial charge in [0.2, 0.25) is 0 Å². The molecule has 0 amide bonds. The fraction of sp³-hybridized carbons (Fsp3) is 0. The van der Waals surface area contributed by atoms with Crippen LogP contribution in [0.3, 0.4) is 0 Å². The molecule has 3 nitrogen and oxygen atoms in total. The van der Waals surface area contributed by atoms with E-state index in [1.165, 1.54) is 38.1 Å². The van der Waals surface area contributed by atoms with E-state index in [2.05, 4.69) is 146 Å². The molecule has 10 aromatic rings. The molecule has 230 valence electrons. The Morgan fingerprint density at radius 2 is 1.04 bits per heavy atom. The Balaban J connectivity index is 1.32. The highest BCUT2D eigenvalue weighted by atomic mass is 14.7. The van der Waals surface area contributed by atoms with Crippen molar-refractivity contribution in [2.75, 3.05) is 0 Å². The molecule has 0 fully saturated rings. The second-order valence-corrected chi connectivity index (χ2v) is 12.8. The quantitative estimate of drug-likeness (QED) is 0.144. The molecule has 0 unspecified atom stereocenters. The second kappa shape index (κ2) is 11.1. The summed E-state index contributed by atoms with van der Waals surface area (Å²) in [5, 5.41) is 21.0. The van der Waals surface area contributed by atoms with E-state index in [0.717, 1.165) is 60.3 Å². The maximum absolute atomic E-state index is 9.46. The fourth-order valence-corrected chi connectivity index (χ4v) is 7.88. The van der Waals surface area contributed by atoms with Crippen LogP contribution in [0.25, 0.3) is 98.4 Å². The summed E-state index contributed by atoms with van der Waals surface area (Å²) in [6, 6.07) is 57.7. The topological polar surface area (TPSA) is 49.6 Å². The first kappa shape index (κ1) is 28.2. The summed E-state index contributed by atoms with van der Waals surface area (Å²) in [5.74, 6) is 0. The first-order chi connectivity index (χ1) is 24.8. The van der Waals surface area contributed by atoms with Crippen molar-refractivity contribution in [1.82, 2.24) is 9.97 Å². The van der Waals surface area contributed by atoms with Crippen LogP contribution in [0.1, 0.15) is 5.56 Å². The van der Waals surface area contributed by atoms with Gasteiger partial charge in [-0.15, -0.1) is 0 Å². The van der Waals surface area contributed by atoms with Crippen LogP contribution < -0.4 is 0 Å². The van der Waals surface area contributed by atoms with Gasteiger partial charge in [0, 0.05) is 38.7 Å². The Kier molecular flexibility index (Phi) is 6.24. The van der Waals surface area contributed by atoms with Crippen LogP contribution >= 0.6 is 0 Å². The van der Waals surface area contributed by atoms with Crippen molar-refractivity contribution in [2.45, 2.75) is 0 Å². The average Bonchev–Trinajstić information content (AvgIpc) is 3.19. The minimum Gasteiger partial charge on any atom is -0.256 e. The molecule has 2 aromatic heterocycles. The molecule has 0 aliphatic carbocycles. The minimum atomic E-state index is 0.654. The molecule has 2 heterocycles. The second-order valence-electron chi connectivity index (χ2n) is 12.8. The molecule has 10 rings (SSSR count). The first-order valence-electron chi connectivity index (χ1n) is 16.8. The Morgan fingerprint density at radius 1 is 0.440 bits per heavy atom. The standard InChI is InChI=1S/C47H27N3/c48-28-29-16-18-30(19-17-29)42-35-12-4-6-14-37(35)43(38-15-7-5-13-36(38)42)34-23-24-39-41(27-34)50-46(32-9-2-1-3-10-32)40-25-22-31-20-21-33-11-8-26-49-47(33)44(31)45(39)40/h1-27H. The fourth-order valence-electron chi connectivity index (χ4n) is 7.88. The van der Waals surface area contributed by atoms with E-state index in [-0.39, 0.29) is 0 Å². The maximum atomic E-state index is 9.46. The lowest BCUT2D eigenvalue weighted by molar-refractivity contribution is 1.42. The molecule has 3 heteroatoms. The molecular weight excluding hydrogens is 607 g/mol. The van der Waals surface area contributed by atoms with E-state index in [1.54, 1.807) is 0 Å². The van der Waals surface area contributed by atoms with Crippen molar-refractivity contribution in [3.63, 3.8) is 0 Å². The van der Waals surface area contributed by atoms with E-state index in [1.807, 2.05) is 24.4 Å². The highest BCUT2D eigenvalue weighted by molar-refractivity contribution is 6.29. The van der Waals surface area contributed by atoms with E-state index in [0.29, 0.717) is 5.56 Å². The van der Waals surface area contributed by atoms with E-state index in [4.69, 9.17) is 9.97 Å². The smallest absolute Gasteiger partial charge is 0.0991 e. The number of nitrogens with zero attached hydrogens (tertiary/aromatic N) is 3. The van der Waals surface area contributed by atoms with Crippen molar-refractivity contribution < 1.29 is 0 Å². The maximum Gasteiger partial charge on any atom is 0.0991 e. The SMILES string of the molecule is N#Cc1ccc(-c2c3ccccc3c(-c3ccc4c(c3)nc(-c3ccccc3)c3ccc5ccc6cccnc6c5c34)c3ccccc23)cc1. The van der Waals surface area contributed by atoms with Gasteiger partial charge < -0.3 is 0 Å². The Morgan fingerprint density at radius 3 is 1.74 bits per heavy atom. The summed E-state index contributed by atoms with van der Waals surface area (Å²) in [6.07, 6.45) is 1.89. The lowest BCUT2D eigenvalue weighted by atomic mass is 9.85. The third kappa shape index (κ3) is 4.23. The summed E-state index contributed by atoms with van der Waals surface area (Å²) in [6.45, 7) is 0. The van der Waals surface area contributed by atoms with Crippen LogP contribution in [0.4, 0.5) is 0 Å². The first-order valence-corrected chi connectivity index (χ1v) is 16.8. The highest BCUT2D eigenvalue weighted by Crippen LogP contribution is 2.45. The van der Waals surface area contributed by atoms with Crippen LogP contribution in [-0.4, -0.2) is 9.97 Å². The molecule has 0 radical (unpaired) electrons. The summed E-state index contributed by atoms with van der Waals surface area (Å²) in [7, 11) is 0. The number of hydrogen-bond donors (Lipinski definition) is 0. The van der Waals surface area contributed by atoms with Crippen LogP contribution in [0.2, 0.25) is 0 Å². The van der Waals surface area contributed by atoms with Crippen LogP contribution in [0, 0.1) is 11.3 Å². The Hall–Kier alpha value is -6.89. The number of benzene rings is 8. The van der Waals surface area contributed by atoms with E-state index >= 15 is 0 Å². The van der Waals surface area contributed by atoms with Crippen LogP contribution in [0.15, 0.2) is 164 Å². The number of hydrogen-bond acceptors (Lipinski definition) is 3. The third-order valence-electron chi connectivity index (χ3n) is 10.1. The van der Waals surface area contributed by atoms with Gasteiger partial charge in [0.1, 0.15) is 0 Å². The zero-order valence-corrected chi connectivity index (χ0v) is 26.9. The lowest BCUT2D eigenvalue weighted by Crippen LogP contribution is -1.94. The normalized spacial score (nSPS) is 11.6. The number of rotatable bonds is 3. The minimum absolute atomic E-state index is 0.654. The summed E-state index contributed by atoms with van der Waals surface area (Å²) < 4.78 is 0. The van der Waals surface area contributed by atoms with Gasteiger partial charge in [-0.05, 0) is 73.5 Å². The van der Waals surface area contributed by atoms with Gasteiger partial charge in [-0.25, -0.2) is 4.98 Å². The predicted octanol–water partition coefficient (Wildman–Crippen LogP) is 12.3. The van der Waals surface area contributed by atoms with Gasteiger partial charge in [-0.3, -0.25) is 4.98 Å². The van der Waals surface area contributed by atoms with Gasteiger partial charge in [0.15, 0.2) is 0 Å². The van der Waals surface area contributed by atoms with E-state index in [9.17, 15) is 5.26 Å². The molecule has 0 saturated heterocycles. The number of fused-ring (bicyclic) bond motifs is 9. The van der Waals surface area contributed by atoms with Crippen molar-refractivity contribution in [1.29, 1.82) is 5.26 Å². The Labute approximate surface area is 288 Å². The van der Waals surface area contributed by atoms with Crippen molar-refractivity contribution in [3.05, 3.63) is 169 Å². The summed E-state index contributed by atoms with van der Waals surface area (Å²) in [5.41, 5.74) is 9.21. The molecular formula is C47H27N3. The molecule has 0 spiro atoms. The van der Waals surface area contributed by atoms with Gasteiger partial charge >= 0.3 is 0 Å². The number of nitriles is 1. The molecule has 0 atom stereocenters. The molecule has 50 heavy (non-hydrogen) atoms. The van der Waals surface area contributed by atoms with Crippen molar-refractivity contribution in [3.8, 4) is 39.6 Å². The average molecular weight is 634 g/mol. The van der Waals surface area contributed by atoms with Crippen molar-refractivity contribution in [2.24, 2.45) is 0 Å². The zero-order valence-electron chi connectivity index (χ0n) is 26.9. The van der Waals surface area contributed by atoms with Gasteiger partial charge in [-0.1, -0.05) is 133 Å². The predicted molar refractivity (Wildman–Crippen MR) is 208 cm³/mol. The van der Waals surface area contributed by atoms with E-state index < -0.39 is 0 Å². The Bertz CT molecular complexity index is 2970. The van der Waals surface area contributed by atoms with Crippen molar-refractivity contribution >= 4 is 64.9 Å². The molecule has 0 bridgehead atoms. The molecule has 0 aliphatic rings. The highest BCUT2D eigenvalue weighted by Gasteiger charge is 2.19. The molecule has 0 saturated carbocycles. The monoisotopic (exact) mass is 633 g/mol. The number of pyridine rings is 2. The van der Waals surface area contributed by atoms with Crippen LogP contribution in [0.5, 0.6) is 0 Å². The van der Waals surface area contributed by atoms with Gasteiger partial charge in [-0.2, -0.15) is 5.26 Å².